The maximum absolute atomic E-state index is 5.28. The van der Waals surface area contributed by atoms with E-state index in [2.05, 4.69) is 15.3 Å². The summed E-state index contributed by atoms with van der Waals surface area (Å²) in [6.45, 7) is 0. The number of anilines is 2. The molecule has 0 aliphatic carbocycles. The lowest BCUT2D eigenvalue weighted by Gasteiger charge is -2.11. The van der Waals surface area contributed by atoms with Gasteiger partial charge in [-0.15, -0.1) is 0 Å². The van der Waals surface area contributed by atoms with E-state index >= 15 is 0 Å². The Labute approximate surface area is 122 Å². The molecule has 21 heavy (non-hydrogen) atoms. The summed E-state index contributed by atoms with van der Waals surface area (Å²) in [6.07, 6.45) is 1.71. The fourth-order valence-corrected chi connectivity index (χ4v) is 2.08. The zero-order valence-electron chi connectivity index (χ0n) is 11.8. The number of fused-ring (bicyclic) bond motifs is 1. The van der Waals surface area contributed by atoms with Gasteiger partial charge in [-0.05, 0) is 24.3 Å². The molecule has 2 aromatic carbocycles. The molecule has 0 unspecified atom stereocenters. The minimum Gasteiger partial charge on any atom is -0.493 e. The van der Waals surface area contributed by atoms with Gasteiger partial charge in [0.1, 0.15) is 5.82 Å². The summed E-state index contributed by atoms with van der Waals surface area (Å²) >= 11 is 0. The van der Waals surface area contributed by atoms with Gasteiger partial charge in [-0.25, -0.2) is 4.98 Å². The van der Waals surface area contributed by atoms with Crippen molar-refractivity contribution in [3.8, 4) is 11.5 Å². The quantitative estimate of drug-likeness (QED) is 0.794. The number of hydrogen-bond donors (Lipinski definition) is 1. The molecule has 0 radical (unpaired) electrons. The molecule has 0 saturated carbocycles. The van der Waals surface area contributed by atoms with Crippen molar-refractivity contribution >= 4 is 22.5 Å². The summed E-state index contributed by atoms with van der Waals surface area (Å²) in [5.74, 6) is 2.03. The van der Waals surface area contributed by atoms with Crippen molar-refractivity contribution in [1.29, 1.82) is 0 Å². The first-order valence-corrected chi connectivity index (χ1v) is 6.51. The van der Waals surface area contributed by atoms with Crippen LogP contribution in [0.1, 0.15) is 0 Å². The number of methoxy groups -OCH3 is 2. The van der Waals surface area contributed by atoms with E-state index in [1.807, 2.05) is 42.5 Å². The predicted octanol–water partition coefficient (Wildman–Crippen LogP) is 3.39. The van der Waals surface area contributed by atoms with Crippen LogP contribution in [0.2, 0.25) is 0 Å². The highest BCUT2D eigenvalue weighted by Gasteiger charge is 2.05. The largest absolute Gasteiger partial charge is 0.493 e. The zero-order chi connectivity index (χ0) is 14.7. The third-order valence-electron chi connectivity index (χ3n) is 3.10. The van der Waals surface area contributed by atoms with Gasteiger partial charge in [0.2, 0.25) is 0 Å². The first kappa shape index (κ1) is 13.2. The summed E-state index contributed by atoms with van der Waals surface area (Å²) < 4.78 is 10.5. The van der Waals surface area contributed by atoms with Crippen LogP contribution in [0.25, 0.3) is 11.0 Å². The van der Waals surface area contributed by atoms with E-state index in [0.717, 1.165) is 16.7 Å². The fraction of sp³-hybridized carbons (Fsp3) is 0.125. The smallest absolute Gasteiger partial charge is 0.162 e. The number of nitrogens with zero attached hydrogens (tertiary/aromatic N) is 2. The molecule has 0 saturated heterocycles. The Balaban J connectivity index is 1.91. The molecule has 0 aliphatic rings. The van der Waals surface area contributed by atoms with Crippen LogP contribution in [0.15, 0.2) is 48.7 Å². The van der Waals surface area contributed by atoms with Crippen LogP contribution < -0.4 is 14.8 Å². The topological polar surface area (TPSA) is 56.3 Å². The Morgan fingerprint density at radius 2 is 1.67 bits per heavy atom. The summed E-state index contributed by atoms with van der Waals surface area (Å²) in [4.78, 5) is 8.90. The summed E-state index contributed by atoms with van der Waals surface area (Å²) in [6, 6.07) is 13.4. The van der Waals surface area contributed by atoms with Gasteiger partial charge in [0.25, 0.3) is 0 Å². The highest BCUT2D eigenvalue weighted by molar-refractivity contribution is 5.76. The third kappa shape index (κ3) is 2.72. The summed E-state index contributed by atoms with van der Waals surface area (Å²) in [5, 5.41) is 3.21. The molecule has 3 rings (SSSR count). The average molecular weight is 281 g/mol. The number of para-hydroxylation sites is 2. The van der Waals surface area contributed by atoms with Crippen LogP contribution in [0, 0.1) is 0 Å². The highest BCUT2D eigenvalue weighted by Crippen LogP contribution is 2.30. The van der Waals surface area contributed by atoms with Gasteiger partial charge in [0, 0.05) is 11.8 Å². The van der Waals surface area contributed by atoms with Crippen LogP contribution in [-0.4, -0.2) is 24.2 Å². The fourth-order valence-electron chi connectivity index (χ4n) is 2.08. The molecule has 1 heterocycles. The number of aromatic nitrogens is 2. The lowest BCUT2D eigenvalue weighted by Crippen LogP contribution is -1.97. The number of nitrogens with one attached hydrogen (secondary N) is 1. The van der Waals surface area contributed by atoms with Crippen molar-refractivity contribution < 1.29 is 9.47 Å². The lowest BCUT2D eigenvalue weighted by atomic mass is 10.2. The van der Waals surface area contributed by atoms with Crippen molar-refractivity contribution in [2.45, 2.75) is 0 Å². The van der Waals surface area contributed by atoms with E-state index in [4.69, 9.17) is 9.47 Å². The first-order chi connectivity index (χ1) is 10.3. The van der Waals surface area contributed by atoms with Crippen LogP contribution in [0.3, 0.4) is 0 Å². The van der Waals surface area contributed by atoms with Crippen molar-refractivity contribution in [1.82, 2.24) is 9.97 Å². The monoisotopic (exact) mass is 281 g/mol. The van der Waals surface area contributed by atoms with E-state index in [1.54, 1.807) is 20.4 Å². The molecule has 0 atom stereocenters. The minimum absolute atomic E-state index is 0.663. The van der Waals surface area contributed by atoms with E-state index in [-0.39, 0.29) is 0 Å². The van der Waals surface area contributed by atoms with Crippen molar-refractivity contribution in [3.63, 3.8) is 0 Å². The van der Waals surface area contributed by atoms with Crippen molar-refractivity contribution in [2.75, 3.05) is 19.5 Å². The molecule has 106 valence electrons. The van der Waals surface area contributed by atoms with Gasteiger partial charge in [-0.2, -0.15) is 0 Å². The number of ether oxygens (including phenoxy) is 2. The molecule has 0 bridgehead atoms. The molecule has 1 aromatic heterocycles. The summed E-state index contributed by atoms with van der Waals surface area (Å²) in [5.41, 5.74) is 2.58. The van der Waals surface area contributed by atoms with E-state index < -0.39 is 0 Å². The molecule has 0 amide bonds. The van der Waals surface area contributed by atoms with E-state index in [1.165, 1.54) is 0 Å². The molecule has 0 fully saturated rings. The second kappa shape index (κ2) is 5.66. The van der Waals surface area contributed by atoms with E-state index in [9.17, 15) is 0 Å². The molecule has 0 aliphatic heterocycles. The van der Waals surface area contributed by atoms with Crippen LogP contribution in [0.5, 0.6) is 11.5 Å². The second-order valence-electron chi connectivity index (χ2n) is 4.44. The van der Waals surface area contributed by atoms with Gasteiger partial charge >= 0.3 is 0 Å². The van der Waals surface area contributed by atoms with Crippen molar-refractivity contribution in [3.05, 3.63) is 48.7 Å². The maximum Gasteiger partial charge on any atom is 0.162 e. The molecule has 5 heteroatoms. The molecular weight excluding hydrogens is 266 g/mol. The number of rotatable bonds is 4. The summed E-state index contributed by atoms with van der Waals surface area (Å²) in [7, 11) is 3.22. The average Bonchev–Trinajstić information content (AvgIpc) is 2.54. The van der Waals surface area contributed by atoms with Gasteiger partial charge in [0.15, 0.2) is 11.5 Å². The predicted molar refractivity (Wildman–Crippen MR) is 82.4 cm³/mol. The number of hydrogen-bond acceptors (Lipinski definition) is 5. The van der Waals surface area contributed by atoms with Gasteiger partial charge in [-0.3, -0.25) is 4.98 Å². The lowest BCUT2D eigenvalue weighted by molar-refractivity contribution is 0.355. The van der Waals surface area contributed by atoms with Crippen LogP contribution in [0.4, 0.5) is 11.5 Å². The Hall–Kier alpha value is -2.82. The molecule has 0 spiro atoms. The second-order valence-corrected chi connectivity index (χ2v) is 4.44. The van der Waals surface area contributed by atoms with Crippen molar-refractivity contribution in [2.24, 2.45) is 0 Å². The first-order valence-electron chi connectivity index (χ1n) is 6.51. The molecular formula is C16H15N3O2. The van der Waals surface area contributed by atoms with Gasteiger partial charge in [0.05, 0.1) is 31.4 Å². The Bertz CT molecular complexity index is 774. The van der Waals surface area contributed by atoms with E-state index in [0.29, 0.717) is 17.3 Å². The molecule has 5 nitrogen and oxygen atoms in total. The maximum atomic E-state index is 5.28. The van der Waals surface area contributed by atoms with Gasteiger partial charge < -0.3 is 14.8 Å². The Morgan fingerprint density at radius 1 is 0.905 bits per heavy atom. The zero-order valence-corrected chi connectivity index (χ0v) is 11.8. The standard InChI is InChI=1S/C16H15N3O2/c1-20-14-8-7-11(9-15(14)21-2)18-16-10-17-12-5-3-4-6-13(12)19-16/h3-10H,1-2H3,(H,18,19). The normalized spacial score (nSPS) is 10.4. The minimum atomic E-state index is 0.663. The van der Waals surface area contributed by atoms with Gasteiger partial charge in [-0.1, -0.05) is 12.1 Å². The molecule has 1 N–H and O–H groups in total. The highest BCUT2D eigenvalue weighted by atomic mass is 16.5. The van der Waals surface area contributed by atoms with Crippen LogP contribution >= 0.6 is 0 Å². The Kier molecular flexibility index (Phi) is 3.55. The van der Waals surface area contributed by atoms with Crippen LogP contribution in [-0.2, 0) is 0 Å². The SMILES string of the molecule is COc1ccc(Nc2cnc3ccccc3n2)cc1OC. The molecule has 3 aromatic rings. The Morgan fingerprint density at radius 3 is 2.43 bits per heavy atom. The third-order valence-corrected chi connectivity index (χ3v) is 3.10. The number of benzene rings is 2.